The highest BCUT2D eigenvalue weighted by atomic mass is 16.5. The molecule has 4 nitrogen and oxygen atoms in total. The molecule has 1 unspecified atom stereocenters. The van der Waals surface area contributed by atoms with E-state index in [0.29, 0.717) is 6.42 Å². The Labute approximate surface area is 122 Å². The molecule has 0 aromatic heterocycles. The van der Waals surface area contributed by atoms with Gasteiger partial charge in [-0.25, -0.2) is 9.59 Å². The van der Waals surface area contributed by atoms with Gasteiger partial charge in [-0.05, 0) is 13.3 Å². The lowest BCUT2D eigenvalue weighted by molar-refractivity contribution is -0.144. The fourth-order valence-electron chi connectivity index (χ4n) is 1.92. The monoisotopic (exact) mass is 281 g/mol. The van der Waals surface area contributed by atoms with Gasteiger partial charge in [-0.1, -0.05) is 64.0 Å². The fourth-order valence-corrected chi connectivity index (χ4v) is 1.92. The van der Waals surface area contributed by atoms with Crippen molar-refractivity contribution < 1.29 is 14.3 Å². The Hall–Kier alpha value is -1.41. The van der Waals surface area contributed by atoms with Crippen LogP contribution in [0.1, 0.15) is 65.2 Å². The van der Waals surface area contributed by atoms with E-state index in [0.717, 1.165) is 12.8 Å². The molecule has 0 bridgehead atoms. The van der Waals surface area contributed by atoms with E-state index in [-0.39, 0.29) is 6.61 Å². The molecule has 0 radical (unpaired) electrons. The number of unbranched alkanes of at least 4 members (excludes halogenated alkanes) is 6. The Balaban J connectivity index is 3.84. The predicted octanol–water partition coefficient (Wildman–Crippen LogP) is 3.95. The minimum atomic E-state index is -0.687. The summed E-state index contributed by atoms with van der Waals surface area (Å²) in [4.78, 5) is 25.6. The Morgan fingerprint density at radius 1 is 1.20 bits per heavy atom. The molecule has 20 heavy (non-hydrogen) atoms. The number of esters is 1. The lowest BCUT2D eigenvalue weighted by Gasteiger charge is -2.09. The maximum absolute atomic E-state index is 11.7. The minimum Gasteiger partial charge on any atom is -0.460 e. The average molecular weight is 281 g/mol. The molecule has 0 aromatic rings. The number of isocyanates is 1. The van der Waals surface area contributed by atoms with Gasteiger partial charge < -0.3 is 4.74 Å². The van der Waals surface area contributed by atoms with Gasteiger partial charge in [-0.3, -0.25) is 0 Å². The summed E-state index contributed by atoms with van der Waals surface area (Å²) in [5.41, 5.74) is 0. The van der Waals surface area contributed by atoms with Crippen LogP contribution in [0.5, 0.6) is 0 Å². The number of hydrogen-bond donors (Lipinski definition) is 0. The Morgan fingerprint density at radius 2 is 1.85 bits per heavy atom. The van der Waals surface area contributed by atoms with Crippen LogP contribution < -0.4 is 0 Å². The van der Waals surface area contributed by atoms with Gasteiger partial charge in [0.05, 0.1) is 0 Å². The fraction of sp³-hybridized carbons (Fsp3) is 0.750. The first-order valence-electron chi connectivity index (χ1n) is 7.61. The van der Waals surface area contributed by atoms with Crippen LogP contribution in [0.4, 0.5) is 0 Å². The van der Waals surface area contributed by atoms with Crippen LogP contribution >= 0.6 is 0 Å². The van der Waals surface area contributed by atoms with E-state index in [9.17, 15) is 9.59 Å². The van der Waals surface area contributed by atoms with Gasteiger partial charge in [0.2, 0.25) is 6.08 Å². The minimum absolute atomic E-state index is 0.233. The second kappa shape index (κ2) is 14.0. The van der Waals surface area contributed by atoms with Crippen molar-refractivity contribution in [2.24, 2.45) is 4.99 Å². The quantitative estimate of drug-likeness (QED) is 0.179. The van der Waals surface area contributed by atoms with Crippen molar-refractivity contribution in [2.45, 2.75) is 71.3 Å². The largest absolute Gasteiger partial charge is 0.460 e. The Kier molecular flexibility index (Phi) is 13.0. The van der Waals surface area contributed by atoms with Gasteiger partial charge >= 0.3 is 5.97 Å². The van der Waals surface area contributed by atoms with Crippen molar-refractivity contribution in [3.05, 3.63) is 12.2 Å². The number of hydrogen-bond acceptors (Lipinski definition) is 4. The third kappa shape index (κ3) is 10.5. The van der Waals surface area contributed by atoms with Crippen molar-refractivity contribution in [1.29, 1.82) is 0 Å². The number of carbonyl (C=O) groups excluding carboxylic acids is 2. The zero-order chi connectivity index (χ0) is 15.1. The summed E-state index contributed by atoms with van der Waals surface area (Å²) in [6.07, 6.45) is 13.8. The first kappa shape index (κ1) is 18.6. The molecule has 0 aliphatic rings. The molecule has 114 valence electrons. The van der Waals surface area contributed by atoms with E-state index in [1.165, 1.54) is 38.2 Å². The number of allylic oxidation sites excluding steroid dienone is 1. The molecule has 0 heterocycles. The molecule has 0 fully saturated rings. The zero-order valence-corrected chi connectivity index (χ0v) is 12.8. The molecule has 0 saturated carbocycles. The summed E-state index contributed by atoms with van der Waals surface area (Å²) in [6, 6.07) is -0.687. The van der Waals surface area contributed by atoms with Crippen LogP contribution in [0.2, 0.25) is 0 Å². The van der Waals surface area contributed by atoms with Crippen LogP contribution in [-0.2, 0) is 14.3 Å². The Bertz CT molecular complexity index is 320. The molecule has 0 spiro atoms. The van der Waals surface area contributed by atoms with Gasteiger partial charge in [0.25, 0.3) is 0 Å². The molecule has 0 N–H and O–H groups in total. The first-order chi connectivity index (χ1) is 9.76. The zero-order valence-electron chi connectivity index (χ0n) is 12.8. The molecule has 0 aromatic carbocycles. The summed E-state index contributed by atoms with van der Waals surface area (Å²) in [5, 5.41) is 0. The maximum Gasteiger partial charge on any atom is 0.332 e. The number of rotatable bonds is 12. The lowest BCUT2D eigenvalue weighted by atomic mass is 10.1. The second-order valence-electron chi connectivity index (χ2n) is 4.85. The molecule has 0 saturated heterocycles. The molecule has 1 atom stereocenters. The standard InChI is InChI=1S/C16H27NO3/c1-3-5-7-8-9-10-11-12-15(17-14-18)16(19)20-13-6-4-2/h4,6,15H,3,5,7-13H2,1-2H3/b6-4+. The Morgan fingerprint density at radius 3 is 2.45 bits per heavy atom. The number of ether oxygens (including phenoxy) is 1. The van der Waals surface area contributed by atoms with Crippen molar-refractivity contribution in [3.8, 4) is 0 Å². The van der Waals surface area contributed by atoms with Crippen LogP contribution in [0, 0.1) is 0 Å². The van der Waals surface area contributed by atoms with E-state index >= 15 is 0 Å². The highest BCUT2D eigenvalue weighted by Gasteiger charge is 2.18. The van der Waals surface area contributed by atoms with Crippen LogP contribution in [0.3, 0.4) is 0 Å². The smallest absolute Gasteiger partial charge is 0.332 e. The third-order valence-corrected chi connectivity index (χ3v) is 3.12. The molecule has 0 rings (SSSR count). The molecule has 4 heteroatoms. The SMILES string of the molecule is C/C=C/COC(=O)C(CCCCCCCCC)N=C=O. The number of carbonyl (C=O) groups is 1. The van der Waals surface area contributed by atoms with Gasteiger partial charge in [0, 0.05) is 0 Å². The molecule has 0 amide bonds. The molecular weight excluding hydrogens is 254 g/mol. The van der Waals surface area contributed by atoms with Crippen LogP contribution in [0.25, 0.3) is 0 Å². The summed E-state index contributed by atoms with van der Waals surface area (Å²) in [6.45, 7) is 4.28. The van der Waals surface area contributed by atoms with Crippen LogP contribution in [0.15, 0.2) is 17.1 Å². The van der Waals surface area contributed by atoms with Crippen LogP contribution in [-0.4, -0.2) is 24.7 Å². The maximum atomic E-state index is 11.7. The van der Waals surface area contributed by atoms with Gasteiger partial charge in [0.15, 0.2) is 6.04 Å². The van der Waals surface area contributed by atoms with Gasteiger partial charge in [-0.15, -0.1) is 0 Å². The summed E-state index contributed by atoms with van der Waals surface area (Å²) >= 11 is 0. The normalized spacial score (nSPS) is 12.1. The lowest BCUT2D eigenvalue weighted by Crippen LogP contribution is -2.21. The highest BCUT2D eigenvalue weighted by molar-refractivity contribution is 5.76. The number of aliphatic imine (C=N–C) groups is 1. The molecular formula is C16H27NO3. The second-order valence-corrected chi connectivity index (χ2v) is 4.85. The van der Waals surface area contributed by atoms with Gasteiger partial charge in [-0.2, -0.15) is 4.99 Å². The summed E-state index contributed by atoms with van der Waals surface area (Å²) < 4.78 is 5.01. The predicted molar refractivity (Wildman–Crippen MR) is 80.3 cm³/mol. The third-order valence-electron chi connectivity index (χ3n) is 3.12. The van der Waals surface area contributed by atoms with E-state index in [2.05, 4.69) is 11.9 Å². The first-order valence-corrected chi connectivity index (χ1v) is 7.61. The van der Waals surface area contributed by atoms with E-state index in [4.69, 9.17) is 4.74 Å². The molecule has 0 aliphatic heterocycles. The van der Waals surface area contributed by atoms with Crippen molar-refractivity contribution in [2.75, 3.05) is 6.61 Å². The summed E-state index contributed by atoms with van der Waals surface area (Å²) in [5.74, 6) is -0.433. The van der Waals surface area contributed by atoms with Gasteiger partial charge in [0.1, 0.15) is 6.61 Å². The topological polar surface area (TPSA) is 55.7 Å². The number of nitrogens with zero attached hydrogens (tertiary/aromatic N) is 1. The highest BCUT2D eigenvalue weighted by Crippen LogP contribution is 2.12. The van der Waals surface area contributed by atoms with Crippen molar-refractivity contribution >= 4 is 12.0 Å². The summed E-state index contributed by atoms with van der Waals surface area (Å²) in [7, 11) is 0. The van der Waals surface area contributed by atoms with Crippen molar-refractivity contribution in [3.63, 3.8) is 0 Å². The average Bonchev–Trinajstić information content (AvgIpc) is 2.45. The van der Waals surface area contributed by atoms with Crippen molar-refractivity contribution in [1.82, 2.24) is 0 Å². The van der Waals surface area contributed by atoms with E-state index in [1.54, 1.807) is 6.08 Å². The molecule has 0 aliphatic carbocycles. The van der Waals surface area contributed by atoms with E-state index < -0.39 is 12.0 Å². The van der Waals surface area contributed by atoms with E-state index in [1.807, 2.05) is 13.0 Å².